The lowest BCUT2D eigenvalue weighted by atomic mass is 9.98. The summed E-state index contributed by atoms with van der Waals surface area (Å²) in [6, 6.07) is -1.10. The van der Waals surface area contributed by atoms with Crippen molar-refractivity contribution in [3.8, 4) is 0 Å². The van der Waals surface area contributed by atoms with E-state index in [1.54, 1.807) is 0 Å². The third-order valence-corrected chi connectivity index (χ3v) is 2.75. The summed E-state index contributed by atoms with van der Waals surface area (Å²) in [7, 11) is 0. The zero-order chi connectivity index (χ0) is 11.1. The maximum atomic E-state index is 10.3. The highest BCUT2D eigenvalue weighted by atomic mass is 16.6. The van der Waals surface area contributed by atoms with Gasteiger partial charge in [0.2, 0.25) is 0 Å². The van der Waals surface area contributed by atoms with Gasteiger partial charge in [0, 0.05) is 11.3 Å². The van der Waals surface area contributed by atoms with E-state index in [0.717, 1.165) is 12.8 Å². The van der Waals surface area contributed by atoms with Crippen molar-refractivity contribution in [2.24, 2.45) is 0 Å². The van der Waals surface area contributed by atoms with Gasteiger partial charge < -0.3 is 4.74 Å². The van der Waals surface area contributed by atoms with Gasteiger partial charge in [0.05, 0.1) is 12.7 Å². The Labute approximate surface area is 88.9 Å². The van der Waals surface area contributed by atoms with Crippen LogP contribution in [0, 0.1) is 10.1 Å². The molecule has 1 aliphatic rings. The number of nitro groups is 1. The summed E-state index contributed by atoms with van der Waals surface area (Å²) in [5.41, 5.74) is 0. The van der Waals surface area contributed by atoms with Crippen LogP contribution in [0.1, 0.15) is 38.5 Å². The van der Waals surface area contributed by atoms with E-state index in [1.165, 1.54) is 19.3 Å². The van der Waals surface area contributed by atoms with Gasteiger partial charge in [-0.1, -0.05) is 19.3 Å². The van der Waals surface area contributed by atoms with Gasteiger partial charge in [-0.05, 0) is 12.8 Å². The number of rotatable bonds is 6. The minimum absolute atomic E-state index is 0.188. The van der Waals surface area contributed by atoms with Crippen LogP contribution in [-0.2, 0) is 9.53 Å². The van der Waals surface area contributed by atoms with Gasteiger partial charge in [0.25, 0.3) is 6.04 Å². The molecule has 15 heavy (non-hydrogen) atoms. The molecule has 1 aliphatic carbocycles. The molecular weight excluding hydrogens is 198 g/mol. The average molecular weight is 215 g/mol. The summed E-state index contributed by atoms with van der Waals surface area (Å²) in [6.07, 6.45) is 6.52. The van der Waals surface area contributed by atoms with Crippen LogP contribution >= 0.6 is 0 Å². The Morgan fingerprint density at radius 3 is 2.60 bits per heavy atom. The highest BCUT2D eigenvalue weighted by Crippen LogP contribution is 2.20. The van der Waals surface area contributed by atoms with Crippen molar-refractivity contribution in [3.05, 3.63) is 10.1 Å². The van der Waals surface area contributed by atoms with Crippen LogP contribution in [0.3, 0.4) is 0 Å². The van der Waals surface area contributed by atoms with Crippen molar-refractivity contribution in [2.75, 3.05) is 6.61 Å². The zero-order valence-electron chi connectivity index (χ0n) is 8.76. The Morgan fingerprint density at radius 2 is 2.07 bits per heavy atom. The van der Waals surface area contributed by atoms with Gasteiger partial charge >= 0.3 is 0 Å². The molecule has 0 aromatic carbocycles. The van der Waals surface area contributed by atoms with Crippen LogP contribution in [0.2, 0.25) is 0 Å². The quantitative estimate of drug-likeness (QED) is 0.383. The molecular formula is C10H17NO4. The molecule has 0 aromatic rings. The van der Waals surface area contributed by atoms with E-state index < -0.39 is 11.0 Å². The SMILES string of the molecule is O=CC(CCOC1CCCCC1)[N+](=O)[O-]. The van der Waals surface area contributed by atoms with E-state index in [2.05, 4.69) is 0 Å². The van der Waals surface area contributed by atoms with Crippen LogP contribution in [0.4, 0.5) is 0 Å². The highest BCUT2D eigenvalue weighted by Gasteiger charge is 2.20. The Hall–Kier alpha value is -0.970. The van der Waals surface area contributed by atoms with Crippen LogP contribution < -0.4 is 0 Å². The lowest BCUT2D eigenvalue weighted by molar-refractivity contribution is -0.506. The summed E-state index contributed by atoms with van der Waals surface area (Å²) in [5, 5.41) is 10.3. The average Bonchev–Trinajstić information content (AvgIpc) is 2.25. The molecule has 1 fully saturated rings. The maximum Gasteiger partial charge on any atom is 0.269 e. The predicted octanol–water partition coefficient (Wildman–Crippen LogP) is 1.57. The normalized spacial score (nSPS) is 19.7. The maximum absolute atomic E-state index is 10.3. The van der Waals surface area contributed by atoms with Crippen molar-refractivity contribution in [1.82, 2.24) is 0 Å². The molecule has 0 N–H and O–H groups in total. The van der Waals surface area contributed by atoms with Crippen molar-refractivity contribution in [1.29, 1.82) is 0 Å². The van der Waals surface area contributed by atoms with Crippen LogP contribution in [-0.4, -0.2) is 30.0 Å². The Balaban J connectivity index is 2.13. The fraction of sp³-hybridized carbons (Fsp3) is 0.900. The van der Waals surface area contributed by atoms with Gasteiger partial charge in [0.15, 0.2) is 6.29 Å². The van der Waals surface area contributed by atoms with Crippen LogP contribution in [0.15, 0.2) is 0 Å². The number of ether oxygens (including phenoxy) is 1. The number of carbonyl (C=O) groups is 1. The summed E-state index contributed by atoms with van der Waals surface area (Å²) >= 11 is 0. The van der Waals surface area contributed by atoms with Crippen molar-refractivity contribution in [3.63, 3.8) is 0 Å². The van der Waals surface area contributed by atoms with Crippen molar-refractivity contribution >= 4 is 6.29 Å². The lowest BCUT2D eigenvalue weighted by Gasteiger charge is -2.21. The first kappa shape index (κ1) is 12.1. The molecule has 1 unspecified atom stereocenters. The minimum Gasteiger partial charge on any atom is -0.378 e. The number of aldehydes is 1. The van der Waals surface area contributed by atoms with Gasteiger partial charge in [-0.25, -0.2) is 0 Å². The van der Waals surface area contributed by atoms with E-state index in [1.807, 2.05) is 0 Å². The standard InChI is InChI=1S/C10H17NO4/c12-8-9(11(13)14)6-7-15-10-4-2-1-3-5-10/h8-10H,1-7H2. The fourth-order valence-electron chi connectivity index (χ4n) is 1.81. The molecule has 0 amide bonds. The van der Waals surface area contributed by atoms with Crippen molar-refractivity contribution < 1.29 is 14.5 Å². The molecule has 1 rings (SSSR count). The third-order valence-electron chi connectivity index (χ3n) is 2.75. The highest BCUT2D eigenvalue weighted by molar-refractivity contribution is 5.55. The number of hydrogen-bond acceptors (Lipinski definition) is 4. The van der Waals surface area contributed by atoms with Gasteiger partial charge in [-0.3, -0.25) is 14.9 Å². The molecule has 1 saturated carbocycles. The molecule has 86 valence electrons. The number of carbonyl (C=O) groups excluding carboxylic acids is 1. The van der Waals surface area contributed by atoms with Gasteiger partial charge in [0.1, 0.15) is 0 Å². The molecule has 0 aromatic heterocycles. The minimum atomic E-state index is -1.10. The van der Waals surface area contributed by atoms with E-state index in [4.69, 9.17) is 4.74 Å². The molecule has 0 bridgehead atoms. The summed E-state index contributed by atoms with van der Waals surface area (Å²) in [5.74, 6) is 0. The van der Waals surface area contributed by atoms with Gasteiger partial charge in [-0.15, -0.1) is 0 Å². The molecule has 5 heteroatoms. The predicted molar refractivity (Wildman–Crippen MR) is 54.3 cm³/mol. The van der Waals surface area contributed by atoms with Crippen LogP contribution in [0.5, 0.6) is 0 Å². The molecule has 0 radical (unpaired) electrons. The summed E-state index contributed by atoms with van der Waals surface area (Å²) in [6.45, 7) is 0.315. The largest absolute Gasteiger partial charge is 0.378 e. The fourth-order valence-corrected chi connectivity index (χ4v) is 1.81. The molecule has 5 nitrogen and oxygen atoms in total. The van der Waals surface area contributed by atoms with E-state index in [-0.39, 0.29) is 12.5 Å². The summed E-state index contributed by atoms with van der Waals surface area (Å²) in [4.78, 5) is 20.1. The number of hydrogen-bond donors (Lipinski definition) is 0. The second-order valence-electron chi connectivity index (χ2n) is 3.91. The molecule has 0 spiro atoms. The van der Waals surface area contributed by atoms with E-state index in [9.17, 15) is 14.9 Å². The smallest absolute Gasteiger partial charge is 0.269 e. The van der Waals surface area contributed by atoms with Crippen molar-refractivity contribution in [2.45, 2.75) is 50.7 Å². The second-order valence-corrected chi connectivity index (χ2v) is 3.91. The summed E-state index contributed by atoms with van der Waals surface area (Å²) < 4.78 is 5.50. The molecule has 0 saturated heterocycles. The van der Waals surface area contributed by atoms with Gasteiger partial charge in [-0.2, -0.15) is 0 Å². The zero-order valence-corrected chi connectivity index (χ0v) is 8.76. The van der Waals surface area contributed by atoms with E-state index in [0.29, 0.717) is 12.9 Å². The first-order chi connectivity index (χ1) is 7.24. The second kappa shape index (κ2) is 6.50. The van der Waals surface area contributed by atoms with Crippen LogP contribution in [0.25, 0.3) is 0 Å². The molecule has 0 heterocycles. The van der Waals surface area contributed by atoms with E-state index >= 15 is 0 Å². The lowest BCUT2D eigenvalue weighted by Crippen LogP contribution is -2.25. The number of nitrogens with zero attached hydrogens (tertiary/aromatic N) is 1. The Bertz CT molecular complexity index is 213. The molecule has 0 aliphatic heterocycles. The Morgan fingerprint density at radius 1 is 1.40 bits per heavy atom. The Kier molecular flexibility index (Phi) is 5.25. The third kappa shape index (κ3) is 4.38. The molecule has 1 atom stereocenters. The first-order valence-electron chi connectivity index (χ1n) is 5.44. The topological polar surface area (TPSA) is 69.4 Å². The monoisotopic (exact) mass is 215 g/mol. The first-order valence-corrected chi connectivity index (χ1v) is 5.44.